The van der Waals surface area contributed by atoms with Gasteiger partial charge < -0.3 is 19.9 Å². The molecule has 0 bridgehead atoms. The second-order valence-electron chi connectivity index (χ2n) is 7.23. The predicted octanol–water partition coefficient (Wildman–Crippen LogP) is 3.28. The number of carbonyl (C=O) groups is 1. The van der Waals surface area contributed by atoms with Gasteiger partial charge in [0, 0.05) is 37.8 Å². The number of benzene rings is 2. The van der Waals surface area contributed by atoms with Crippen molar-refractivity contribution in [3.63, 3.8) is 0 Å². The van der Waals surface area contributed by atoms with Gasteiger partial charge in [-0.2, -0.15) is 0 Å². The number of nitro groups is 1. The van der Waals surface area contributed by atoms with Crippen LogP contribution in [0.15, 0.2) is 42.5 Å². The average Bonchev–Trinajstić information content (AvgIpc) is 3.29. The van der Waals surface area contributed by atoms with E-state index in [0.29, 0.717) is 32.0 Å². The summed E-state index contributed by atoms with van der Waals surface area (Å²) < 4.78 is 5.32. The molecule has 29 heavy (non-hydrogen) atoms. The highest BCUT2D eigenvalue weighted by atomic mass is 16.6. The van der Waals surface area contributed by atoms with Crippen molar-refractivity contribution in [3.05, 3.63) is 58.1 Å². The lowest BCUT2D eigenvalue weighted by Gasteiger charge is -2.28. The fourth-order valence-electron chi connectivity index (χ4n) is 3.89. The first kappa shape index (κ1) is 19.2. The Balaban J connectivity index is 1.58. The van der Waals surface area contributed by atoms with E-state index in [-0.39, 0.29) is 17.2 Å². The first-order chi connectivity index (χ1) is 14.1. The normalized spacial score (nSPS) is 16.7. The third kappa shape index (κ3) is 4.17. The van der Waals surface area contributed by atoms with Crippen LogP contribution in [0.5, 0.6) is 0 Å². The fraction of sp³-hybridized carbons (Fsp3) is 0.381. The molecule has 2 heterocycles. The molecule has 2 saturated heterocycles. The number of hydrogen-bond donors (Lipinski definition) is 1. The quantitative estimate of drug-likeness (QED) is 0.616. The van der Waals surface area contributed by atoms with Crippen molar-refractivity contribution >= 4 is 28.7 Å². The van der Waals surface area contributed by atoms with Crippen molar-refractivity contribution in [1.82, 2.24) is 0 Å². The number of nitrogens with one attached hydrogen (secondary N) is 1. The second-order valence-corrected chi connectivity index (χ2v) is 7.23. The molecule has 8 nitrogen and oxygen atoms in total. The minimum atomic E-state index is -0.431. The number of rotatable bonds is 5. The van der Waals surface area contributed by atoms with Gasteiger partial charge in [-0.1, -0.05) is 12.1 Å². The van der Waals surface area contributed by atoms with Crippen LogP contribution in [0.4, 0.5) is 22.7 Å². The molecule has 2 fully saturated rings. The van der Waals surface area contributed by atoms with Crippen LogP contribution in [-0.2, 0) is 4.74 Å². The van der Waals surface area contributed by atoms with Gasteiger partial charge in [-0.25, -0.2) is 0 Å². The zero-order valence-corrected chi connectivity index (χ0v) is 16.2. The Labute approximate surface area is 169 Å². The summed E-state index contributed by atoms with van der Waals surface area (Å²) in [5.41, 5.74) is 2.43. The highest BCUT2D eigenvalue weighted by Crippen LogP contribution is 2.32. The highest BCUT2D eigenvalue weighted by molar-refractivity contribution is 6.06. The van der Waals surface area contributed by atoms with Crippen LogP contribution in [0.3, 0.4) is 0 Å². The van der Waals surface area contributed by atoms with E-state index >= 15 is 0 Å². The van der Waals surface area contributed by atoms with Gasteiger partial charge in [0.25, 0.3) is 11.6 Å². The third-order valence-corrected chi connectivity index (χ3v) is 5.39. The number of carbonyl (C=O) groups excluding carboxylic acids is 1. The lowest BCUT2D eigenvalue weighted by molar-refractivity contribution is -0.384. The molecule has 8 heteroatoms. The molecule has 0 atom stereocenters. The number of ether oxygens (including phenoxy) is 1. The monoisotopic (exact) mass is 396 g/mol. The van der Waals surface area contributed by atoms with Crippen LogP contribution >= 0.6 is 0 Å². The van der Waals surface area contributed by atoms with Crippen molar-refractivity contribution in [2.45, 2.75) is 12.8 Å². The highest BCUT2D eigenvalue weighted by Gasteiger charge is 2.24. The standard InChI is InChI=1S/C21H24N4O4/c26-21(22-17-5-1-2-6-18(17)23-9-3-4-10-23)16-7-8-19(20(15-16)25(27)28)24-11-13-29-14-12-24/h1-2,5-8,15H,3-4,9-14H2,(H,22,26). The minimum absolute atomic E-state index is 0.0626. The van der Waals surface area contributed by atoms with Gasteiger partial charge in [-0.3, -0.25) is 14.9 Å². The van der Waals surface area contributed by atoms with Crippen molar-refractivity contribution in [3.8, 4) is 0 Å². The minimum Gasteiger partial charge on any atom is -0.378 e. The van der Waals surface area contributed by atoms with Crippen molar-refractivity contribution < 1.29 is 14.5 Å². The van der Waals surface area contributed by atoms with E-state index in [9.17, 15) is 14.9 Å². The van der Waals surface area contributed by atoms with Crippen molar-refractivity contribution in [2.75, 3.05) is 54.5 Å². The molecule has 2 aliphatic heterocycles. The maximum atomic E-state index is 12.9. The Kier molecular flexibility index (Phi) is 5.62. The molecule has 4 rings (SSSR count). The summed E-state index contributed by atoms with van der Waals surface area (Å²) in [4.78, 5) is 28.2. The number of amides is 1. The van der Waals surface area contributed by atoms with Gasteiger partial charge in [0.2, 0.25) is 0 Å². The van der Waals surface area contributed by atoms with E-state index < -0.39 is 4.92 Å². The Bertz CT molecular complexity index is 905. The van der Waals surface area contributed by atoms with Gasteiger partial charge in [-0.05, 0) is 37.1 Å². The van der Waals surface area contributed by atoms with E-state index in [1.54, 1.807) is 12.1 Å². The number of hydrogen-bond acceptors (Lipinski definition) is 6. The first-order valence-corrected chi connectivity index (χ1v) is 9.90. The number of nitro benzene ring substituents is 1. The lowest BCUT2D eigenvalue weighted by Crippen LogP contribution is -2.36. The van der Waals surface area contributed by atoms with Crippen LogP contribution in [0.25, 0.3) is 0 Å². The van der Waals surface area contributed by atoms with Crippen molar-refractivity contribution in [2.24, 2.45) is 0 Å². The van der Waals surface area contributed by atoms with Crippen LogP contribution in [0.1, 0.15) is 23.2 Å². The molecule has 2 aromatic rings. The molecule has 0 aliphatic carbocycles. The summed E-state index contributed by atoms with van der Waals surface area (Å²) in [6.07, 6.45) is 2.27. The Morgan fingerprint density at radius 2 is 1.66 bits per heavy atom. The number of anilines is 3. The molecule has 1 amide bonds. The zero-order chi connectivity index (χ0) is 20.2. The third-order valence-electron chi connectivity index (χ3n) is 5.39. The molecule has 0 unspecified atom stereocenters. The topological polar surface area (TPSA) is 88.0 Å². The molecule has 0 aromatic heterocycles. The molecule has 0 spiro atoms. The van der Waals surface area contributed by atoms with E-state index in [2.05, 4.69) is 10.2 Å². The molecule has 1 N–H and O–H groups in total. The Morgan fingerprint density at radius 3 is 2.38 bits per heavy atom. The van der Waals surface area contributed by atoms with Gasteiger partial charge in [0.15, 0.2) is 0 Å². The van der Waals surface area contributed by atoms with E-state index in [1.165, 1.54) is 6.07 Å². The van der Waals surface area contributed by atoms with Gasteiger partial charge >= 0.3 is 0 Å². The summed E-state index contributed by atoms with van der Waals surface area (Å²) in [5, 5.41) is 14.6. The lowest BCUT2D eigenvalue weighted by atomic mass is 10.1. The zero-order valence-electron chi connectivity index (χ0n) is 16.2. The molecular weight excluding hydrogens is 372 g/mol. The maximum absolute atomic E-state index is 12.9. The Hall–Kier alpha value is -3.13. The Morgan fingerprint density at radius 1 is 0.966 bits per heavy atom. The maximum Gasteiger partial charge on any atom is 0.293 e. The second kappa shape index (κ2) is 8.48. The number of nitrogens with zero attached hydrogens (tertiary/aromatic N) is 3. The molecule has 152 valence electrons. The van der Waals surface area contributed by atoms with E-state index in [0.717, 1.165) is 37.3 Å². The fourth-order valence-corrected chi connectivity index (χ4v) is 3.89. The summed E-state index contributed by atoms with van der Waals surface area (Å²) in [7, 11) is 0. The van der Waals surface area contributed by atoms with Gasteiger partial charge in [0.1, 0.15) is 5.69 Å². The SMILES string of the molecule is O=C(Nc1ccccc1N1CCCC1)c1ccc(N2CCOCC2)c([N+](=O)[O-])c1. The van der Waals surface area contributed by atoms with Crippen LogP contribution in [-0.4, -0.2) is 50.2 Å². The summed E-state index contributed by atoms with van der Waals surface area (Å²) in [6, 6.07) is 12.3. The number of para-hydroxylation sites is 2. The van der Waals surface area contributed by atoms with E-state index in [4.69, 9.17) is 4.74 Å². The van der Waals surface area contributed by atoms with Crippen LogP contribution in [0, 0.1) is 10.1 Å². The largest absolute Gasteiger partial charge is 0.378 e. The van der Waals surface area contributed by atoms with Gasteiger partial charge in [0.05, 0.1) is 29.5 Å². The molecular formula is C21H24N4O4. The smallest absolute Gasteiger partial charge is 0.293 e. The molecule has 2 aliphatic rings. The van der Waals surface area contributed by atoms with Crippen molar-refractivity contribution in [1.29, 1.82) is 0 Å². The average molecular weight is 396 g/mol. The number of morpholine rings is 1. The summed E-state index contributed by atoms with van der Waals surface area (Å²) in [6.45, 7) is 4.18. The molecule has 0 radical (unpaired) electrons. The van der Waals surface area contributed by atoms with E-state index in [1.807, 2.05) is 29.2 Å². The van der Waals surface area contributed by atoms with Crippen LogP contribution in [0.2, 0.25) is 0 Å². The van der Waals surface area contributed by atoms with Crippen LogP contribution < -0.4 is 15.1 Å². The molecule has 2 aromatic carbocycles. The summed E-state index contributed by atoms with van der Waals surface area (Å²) >= 11 is 0. The summed E-state index contributed by atoms with van der Waals surface area (Å²) in [5.74, 6) is -0.353. The molecule has 0 saturated carbocycles. The predicted molar refractivity (Wildman–Crippen MR) is 112 cm³/mol. The first-order valence-electron chi connectivity index (χ1n) is 9.90. The van der Waals surface area contributed by atoms with Gasteiger partial charge in [-0.15, -0.1) is 0 Å².